The van der Waals surface area contributed by atoms with Gasteiger partial charge in [-0.2, -0.15) is 0 Å². The van der Waals surface area contributed by atoms with Crippen LogP contribution in [0, 0.1) is 0 Å². The summed E-state index contributed by atoms with van der Waals surface area (Å²) >= 11 is 1.78. The van der Waals surface area contributed by atoms with Gasteiger partial charge in [0, 0.05) is 26.4 Å². The molecule has 0 atom stereocenters. The lowest BCUT2D eigenvalue weighted by atomic mass is 9.67. The number of hydrogen-bond donors (Lipinski definition) is 0. The second-order valence-corrected chi connectivity index (χ2v) is 15.6. The number of para-hydroxylation sites is 1. The van der Waals surface area contributed by atoms with Gasteiger partial charge in [0.05, 0.1) is 32.4 Å². The topological polar surface area (TPSA) is 30.7 Å². The summed E-state index contributed by atoms with van der Waals surface area (Å²) in [7, 11) is 0. The summed E-state index contributed by atoms with van der Waals surface area (Å²) < 4.78 is 4.57. The molecule has 1 aliphatic carbocycles. The number of benzene rings is 8. The Kier molecular flexibility index (Phi) is 6.42. The van der Waals surface area contributed by atoms with Gasteiger partial charge in [-0.15, -0.1) is 11.3 Å². The lowest BCUT2D eigenvalue weighted by Crippen LogP contribution is -2.28. The number of thiophene rings is 1. The van der Waals surface area contributed by atoms with E-state index >= 15 is 0 Å². The fraction of sp³-hybridized carbons (Fsp3) is 0.0196. The largest absolute Gasteiger partial charge is 0.278 e. The van der Waals surface area contributed by atoms with Crippen LogP contribution in [0.2, 0.25) is 0 Å². The molecule has 3 aromatic heterocycles. The van der Waals surface area contributed by atoms with E-state index in [-0.39, 0.29) is 0 Å². The second kappa shape index (κ2) is 11.6. The molecule has 3 heterocycles. The third-order valence-corrected chi connectivity index (χ3v) is 12.8. The predicted octanol–water partition coefficient (Wildman–Crippen LogP) is 13.1. The zero-order chi connectivity index (χ0) is 36.1. The van der Waals surface area contributed by atoms with Crippen molar-refractivity contribution in [2.24, 2.45) is 0 Å². The van der Waals surface area contributed by atoms with Crippen molar-refractivity contribution in [3.63, 3.8) is 0 Å². The lowest BCUT2D eigenvalue weighted by molar-refractivity contribution is 0.768. The Balaban J connectivity index is 1.16. The van der Waals surface area contributed by atoms with E-state index < -0.39 is 5.41 Å². The van der Waals surface area contributed by atoms with Crippen molar-refractivity contribution in [2.45, 2.75) is 5.41 Å². The Morgan fingerprint density at radius 2 is 1.09 bits per heavy atom. The van der Waals surface area contributed by atoms with Crippen LogP contribution < -0.4 is 0 Å². The highest BCUT2D eigenvalue weighted by atomic mass is 32.1. The molecule has 0 saturated heterocycles. The molecule has 11 aromatic rings. The van der Waals surface area contributed by atoms with Crippen LogP contribution in [0.15, 0.2) is 188 Å². The van der Waals surface area contributed by atoms with Gasteiger partial charge in [0.25, 0.3) is 0 Å². The van der Waals surface area contributed by atoms with Gasteiger partial charge in [-0.3, -0.25) is 4.57 Å². The average Bonchev–Trinajstić information content (AvgIpc) is 3.89. The maximum absolute atomic E-state index is 5.59. The van der Waals surface area contributed by atoms with E-state index in [9.17, 15) is 0 Å². The first kappa shape index (κ1) is 30.6. The third kappa shape index (κ3) is 4.26. The zero-order valence-corrected chi connectivity index (χ0v) is 30.5. The number of fused-ring (bicyclic) bond motifs is 10. The summed E-state index contributed by atoms with van der Waals surface area (Å²) in [4.78, 5) is 11.0. The van der Waals surface area contributed by atoms with Gasteiger partial charge in [-0.25, -0.2) is 9.97 Å². The van der Waals surface area contributed by atoms with Crippen molar-refractivity contribution in [1.29, 1.82) is 0 Å². The van der Waals surface area contributed by atoms with Crippen molar-refractivity contribution in [2.75, 3.05) is 0 Å². The van der Waals surface area contributed by atoms with Gasteiger partial charge < -0.3 is 0 Å². The van der Waals surface area contributed by atoms with Gasteiger partial charge in [0.15, 0.2) is 0 Å². The second-order valence-electron chi connectivity index (χ2n) is 14.5. The van der Waals surface area contributed by atoms with Gasteiger partial charge in [0.1, 0.15) is 0 Å². The molecule has 0 fully saturated rings. The first-order chi connectivity index (χ1) is 27.3. The number of rotatable bonds is 4. The summed E-state index contributed by atoms with van der Waals surface area (Å²) in [5.74, 6) is 0.677. The molecular formula is C51H31N3S. The Morgan fingerprint density at radius 1 is 0.455 bits per heavy atom. The third-order valence-electron chi connectivity index (χ3n) is 11.7. The zero-order valence-electron chi connectivity index (χ0n) is 29.6. The van der Waals surface area contributed by atoms with Gasteiger partial charge in [-0.1, -0.05) is 158 Å². The maximum atomic E-state index is 5.59. The van der Waals surface area contributed by atoms with Gasteiger partial charge in [-0.05, 0) is 74.5 Å². The highest BCUT2D eigenvalue weighted by Gasteiger charge is 2.46. The summed E-state index contributed by atoms with van der Waals surface area (Å²) in [6, 6.07) is 68.4. The molecule has 12 rings (SSSR count). The van der Waals surface area contributed by atoms with E-state index in [1.807, 2.05) is 0 Å². The Hall–Kier alpha value is -6.88. The Morgan fingerprint density at radius 3 is 1.89 bits per heavy atom. The van der Waals surface area contributed by atoms with E-state index in [0.717, 1.165) is 37.9 Å². The van der Waals surface area contributed by atoms with Crippen LogP contribution in [0.25, 0.3) is 81.2 Å². The van der Waals surface area contributed by atoms with E-state index in [4.69, 9.17) is 9.97 Å². The summed E-state index contributed by atoms with van der Waals surface area (Å²) in [6.45, 7) is 0. The first-order valence-electron chi connectivity index (χ1n) is 18.7. The molecule has 0 amide bonds. The Labute approximate surface area is 321 Å². The van der Waals surface area contributed by atoms with E-state index in [1.165, 1.54) is 59.6 Å². The Bertz CT molecular complexity index is 3280. The van der Waals surface area contributed by atoms with E-state index in [0.29, 0.717) is 5.95 Å². The average molecular weight is 718 g/mol. The molecule has 8 aromatic carbocycles. The maximum Gasteiger partial charge on any atom is 0.235 e. The molecule has 0 aliphatic heterocycles. The van der Waals surface area contributed by atoms with Crippen molar-refractivity contribution < 1.29 is 0 Å². The molecule has 1 aliphatic rings. The van der Waals surface area contributed by atoms with Crippen molar-refractivity contribution in [3.8, 4) is 28.3 Å². The molecule has 0 unspecified atom stereocenters. The monoisotopic (exact) mass is 717 g/mol. The minimum absolute atomic E-state index is 0.456. The summed E-state index contributed by atoms with van der Waals surface area (Å²) in [6.07, 6.45) is 0. The van der Waals surface area contributed by atoms with Gasteiger partial charge in [0.2, 0.25) is 5.95 Å². The van der Waals surface area contributed by atoms with Crippen LogP contribution in [0.5, 0.6) is 0 Å². The van der Waals surface area contributed by atoms with Crippen molar-refractivity contribution >= 4 is 64.2 Å². The molecule has 4 heteroatoms. The molecule has 0 saturated carbocycles. The quantitative estimate of drug-likeness (QED) is 0.181. The molecule has 256 valence electrons. The number of hydrogen-bond acceptors (Lipinski definition) is 3. The normalized spacial score (nSPS) is 13.2. The molecule has 3 nitrogen and oxygen atoms in total. The van der Waals surface area contributed by atoms with Gasteiger partial charge >= 0.3 is 0 Å². The van der Waals surface area contributed by atoms with Crippen LogP contribution in [0.4, 0.5) is 0 Å². The molecule has 0 radical (unpaired) electrons. The smallest absolute Gasteiger partial charge is 0.235 e. The molecule has 0 N–H and O–H groups in total. The van der Waals surface area contributed by atoms with Crippen LogP contribution in [-0.4, -0.2) is 14.5 Å². The standard InChI is InChI=1S/C51H31N3S/c1-3-17-35(18-4-1)51(36-19-5-2-6-20-36)42-24-12-9-21-37(42)40-30-34(27-28-43(40)51)47-49-48(39-23-11-14-26-46(39)55-49)53-50(52-47)54-44-25-13-10-22-38(44)41-29-32-15-7-8-16-33(32)31-45(41)54/h1-31H. The van der Waals surface area contributed by atoms with Crippen LogP contribution in [-0.2, 0) is 5.41 Å². The minimum atomic E-state index is -0.456. The molecule has 0 bridgehead atoms. The number of nitrogens with zero attached hydrogens (tertiary/aromatic N) is 3. The van der Waals surface area contributed by atoms with Crippen LogP contribution >= 0.6 is 11.3 Å². The molecule has 55 heavy (non-hydrogen) atoms. The fourth-order valence-electron chi connectivity index (χ4n) is 9.34. The van der Waals surface area contributed by atoms with Crippen LogP contribution in [0.3, 0.4) is 0 Å². The van der Waals surface area contributed by atoms with Crippen LogP contribution in [0.1, 0.15) is 22.3 Å². The first-order valence-corrected chi connectivity index (χ1v) is 19.6. The number of aromatic nitrogens is 3. The highest BCUT2D eigenvalue weighted by Crippen LogP contribution is 2.57. The summed E-state index contributed by atoms with van der Waals surface area (Å²) in [5, 5.41) is 5.95. The molecular weight excluding hydrogens is 687 g/mol. The highest BCUT2D eigenvalue weighted by molar-refractivity contribution is 7.26. The van der Waals surface area contributed by atoms with Crippen molar-refractivity contribution in [3.05, 3.63) is 210 Å². The van der Waals surface area contributed by atoms with E-state index in [2.05, 4.69) is 193 Å². The fourth-order valence-corrected chi connectivity index (χ4v) is 10.5. The minimum Gasteiger partial charge on any atom is -0.278 e. The SMILES string of the molecule is c1ccc(C2(c3ccccc3)c3ccccc3-c3cc(-c4nc(-n5c6ccccc6c6cc7ccccc7cc65)nc5c4sc4ccccc45)ccc32)cc1. The summed E-state index contributed by atoms with van der Waals surface area (Å²) in [5.41, 5.74) is 12.3. The predicted molar refractivity (Wildman–Crippen MR) is 230 cm³/mol. The molecule has 0 spiro atoms. The van der Waals surface area contributed by atoms with Crippen molar-refractivity contribution in [1.82, 2.24) is 14.5 Å². The lowest BCUT2D eigenvalue weighted by Gasteiger charge is -2.33. The van der Waals surface area contributed by atoms with E-state index in [1.54, 1.807) is 11.3 Å².